The lowest BCUT2D eigenvalue weighted by atomic mass is 10.1. The van der Waals surface area contributed by atoms with Gasteiger partial charge in [0, 0.05) is 31.7 Å². The molecule has 1 heterocycles. The molecule has 144 valence electrons. The second-order valence-corrected chi connectivity index (χ2v) is 7.23. The van der Waals surface area contributed by atoms with Crippen LogP contribution in [0.1, 0.15) is 15.9 Å². The topological polar surface area (TPSA) is 44.8 Å². The van der Waals surface area contributed by atoms with Crippen molar-refractivity contribution in [1.82, 2.24) is 15.3 Å². The normalized spacial score (nSPS) is 15.5. The van der Waals surface area contributed by atoms with E-state index in [2.05, 4.69) is 35.6 Å². The van der Waals surface area contributed by atoms with Crippen LogP contribution >= 0.6 is 0 Å². The zero-order chi connectivity index (χ0) is 19.3. The van der Waals surface area contributed by atoms with E-state index in [0.29, 0.717) is 12.2 Å². The van der Waals surface area contributed by atoms with Gasteiger partial charge in [-0.25, -0.2) is 5.01 Å². The molecular weight excluding hydrogens is 350 g/mol. The largest absolute Gasteiger partial charge is 0.489 e. The third-order valence-corrected chi connectivity index (χ3v) is 5.11. The summed E-state index contributed by atoms with van der Waals surface area (Å²) in [4.78, 5) is 14.7. The molecule has 0 saturated carbocycles. The van der Waals surface area contributed by atoms with E-state index < -0.39 is 0 Å². The van der Waals surface area contributed by atoms with Crippen molar-refractivity contribution >= 4 is 16.7 Å². The maximum absolute atomic E-state index is 12.4. The molecule has 0 spiro atoms. The van der Waals surface area contributed by atoms with Gasteiger partial charge in [-0.2, -0.15) is 0 Å². The van der Waals surface area contributed by atoms with E-state index in [9.17, 15) is 4.79 Å². The SMILES string of the molecule is CN1CCN(NC(=O)c2ccc(COc3ccc4ccccc4c3)cc2)CC1. The van der Waals surface area contributed by atoms with Crippen LogP contribution in [0.15, 0.2) is 66.7 Å². The Kier molecular flexibility index (Phi) is 5.55. The molecule has 4 rings (SSSR count). The number of hydrogen-bond donors (Lipinski definition) is 1. The van der Waals surface area contributed by atoms with Crippen molar-refractivity contribution in [2.75, 3.05) is 33.2 Å². The van der Waals surface area contributed by atoms with Gasteiger partial charge in [-0.1, -0.05) is 42.5 Å². The molecule has 1 saturated heterocycles. The van der Waals surface area contributed by atoms with Crippen LogP contribution in [0, 0.1) is 0 Å². The summed E-state index contributed by atoms with van der Waals surface area (Å²) in [5, 5.41) is 4.35. The quantitative estimate of drug-likeness (QED) is 0.743. The van der Waals surface area contributed by atoms with Gasteiger partial charge in [-0.3, -0.25) is 10.2 Å². The molecule has 0 radical (unpaired) electrons. The number of hydrazine groups is 1. The van der Waals surface area contributed by atoms with E-state index >= 15 is 0 Å². The number of nitrogens with zero attached hydrogens (tertiary/aromatic N) is 2. The summed E-state index contributed by atoms with van der Waals surface area (Å²) in [5.74, 6) is 0.780. The number of amides is 1. The minimum Gasteiger partial charge on any atom is -0.489 e. The van der Waals surface area contributed by atoms with Gasteiger partial charge in [-0.15, -0.1) is 0 Å². The van der Waals surface area contributed by atoms with Crippen LogP contribution in [-0.2, 0) is 6.61 Å². The first-order valence-electron chi connectivity index (χ1n) is 9.62. The van der Waals surface area contributed by atoms with Crippen molar-refractivity contribution in [3.8, 4) is 5.75 Å². The van der Waals surface area contributed by atoms with Gasteiger partial charge in [0.15, 0.2) is 0 Å². The zero-order valence-electron chi connectivity index (χ0n) is 16.1. The molecule has 0 bridgehead atoms. The molecule has 1 aliphatic rings. The van der Waals surface area contributed by atoms with E-state index in [1.165, 1.54) is 5.39 Å². The standard InChI is InChI=1S/C23H25N3O2/c1-25-12-14-26(15-13-25)24-23(27)20-8-6-18(7-9-20)17-28-22-11-10-19-4-2-3-5-21(19)16-22/h2-11,16H,12-15,17H2,1H3,(H,24,27). The highest BCUT2D eigenvalue weighted by molar-refractivity contribution is 5.93. The molecule has 5 nitrogen and oxygen atoms in total. The van der Waals surface area contributed by atoms with Crippen molar-refractivity contribution in [1.29, 1.82) is 0 Å². The highest BCUT2D eigenvalue weighted by Gasteiger charge is 2.16. The number of benzene rings is 3. The lowest BCUT2D eigenvalue weighted by Crippen LogP contribution is -2.52. The number of ether oxygens (including phenoxy) is 1. The molecule has 0 aliphatic carbocycles. The highest BCUT2D eigenvalue weighted by atomic mass is 16.5. The summed E-state index contributed by atoms with van der Waals surface area (Å²) >= 11 is 0. The van der Waals surface area contributed by atoms with Gasteiger partial charge in [-0.05, 0) is 47.6 Å². The van der Waals surface area contributed by atoms with Crippen molar-refractivity contribution in [3.05, 3.63) is 77.9 Å². The second-order valence-electron chi connectivity index (χ2n) is 7.23. The number of carbonyl (C=O) groups is 1. The average molecular weight is 375 g/mol. The molecule has 5 heteroatoms. The molecule has 3 aromatic rings. The van der Waals surface area contributed by atoms with Crippen molar-refractivity contribution in [3.63, 3.8) is 0 Å². The predicted molar refractivity (Wildman–Crippen MR) is 111 cm³/mol. The average Bonchev–Trinajstić information content (AvgIpc) is 2.74. The number of rotatable bonds is 5. The number of likely N-dealkylation sites (N-methyl/N-ethyl adjacent to an activating group) is 1. The van der Waals surface area contributed by atoms with Crippen LogP contribution in [0.3, 0.4) is 0 Å². The Bertz CT molecular complexity index is 947. The number of nitrogens with one attached hydrogen (secondary N) is 1. The predicted octanol–water partition coefficient (Wildman–Crippen LogP) is 3.31. The fourth-order valence-electron chi connectivity index (χ4n) is 3.30. The number of carbonyl (C=O) groups excluding carboxylic acids is 1. The van der Waals surface area contributed by atoms with Crippen LogP contribution in [0.2, 0.25) is 0 Å². The molecule has 0 aromatic heterocycles. The van der Waals surface area contributed by atoms with Crippen LogP contribution in [0.5, 0.6) is 5.75 Å². The van der Waals surface area contributed by atoms with Gasteiger partial charge in [0.25, 0.3) is 5.91 Å². The lowest BCUT2D eigenvalue weighted by Gasteiger charge is -2.32. The first-order chi connectivity index (χ1) is 13.7. The lowest BCUT2D eigenvalue weighted by molar-refractivity contribution is 0.0662. The Morgan fingerprint density at radius 3 is 2.39 bits per heavy atom. The third-order valence-electron chi connectivity index (χ3n) is 5.11. The molecule has 1 N–H and O–H groups in total. The summed E-state index contributed by atoms with van der Waals surface area (Å²) in [7, 11) is 2.10. The Balaban J connectivity index is 1.33. The van der Waals surface area contributed by atoms with Crippen LogP contribution in [-0.4, -0.2) is 49.0 Å². The minimum atomic E-state index is -0.0634. The van der Waals surface area contributed by atoms with E-state index in [1.807, 2.05) is 53.5 Å². The van der Waals surface area contributed by atoms with Crippen molar-refractivity contribution in [2.45, 2.75) is 6.61 Å². The van der Waals surface area contributed by atoms with Crippen LogP contribution in [0.4, 0.5) is 0 Å². The summed E-state index contributed by atoms with van der Waals surface area (Å²) in [5.41, 5.74) is 4.68. The molecule has 1 aliphatic heterocycles. The second kappa shape index (κ2) is 8.42. The maximum atomic E-state index is 12.4. The van der Waals surface area contributed by atoms with Crippen LogP contribution in [0.25, 0.3) is 10.8 Å². The summed E-state index contributed by atoms with van der Waals surface area (Å²) in [6, 6.07) is 21.9. The van der Waals surface area contributed by atoms with Gasteiger partial charge in [0.05, 0.1) is 0 Å². The minimum absolute atomic E-state index is 0.0634. The van der Waals surface area contributed by atoms with Gasteiger partial charge in [0.2, 0.25) is 0 Å². The van der Waals surface area contributed by atoms with Crippen LogP contribution < -0.4 is 10.2 Å². The molecule has 0 unspecified atom stereocenters. The smallest absolute Gasteiger partial charge is 0.265 e. The number of fused-ring (bicyclic) bond motifs is 1. The molecule has 1 amide bonds. The monoisotopic (exact) mass is 375 g/mol. The Morgan fingerprint density at radius 2 is 1.64 bits per heavy atom. The summed E-state index contributed by atoms with van der Waals surface area (Å²) < 4.78 is 5.92. The first-order valence-corrected chi connectivity index (χ1v) is 9.62. The Labute approximate surface area is 165 Å². The summed E-state index contributed by atoms with van der Waals surface area (Å²) in [6.07, 6.45) is 0. The zero-order valence-corrected chi connectivity index (χ0v) is 16.1. The maximum Gasteiger partial charge on any atom is 0.265 e. The van der Waals surface area contributed by atoms with E-state index in [-0.39, 0.29) is 5.91 Å². The number of hydrogen-bond acceptors (Lipinski definition) is 4. The molecular formula is C23H25N3O2. The fourth-order valence-corrected chi connectivity index (χ4v) is 3.30. The van der Waals surface area contributed by atoms with Crippen molar-refractivity contribution < 1.29 is 9.53 Å². The fraction of sp³-hybridized carbons (Fsp3) is 0.261. The highest BCUT2D eigenvalue weighted by Crippen LogP contribution is 2.21. The first kappa shape index (κ1) is 18.5. The van der Waals surface area contributed by atoms with Crippen molar-refractivity contribution in [2.24, 2.45) is 0 Å². The Morgan fingerprint density at radius 1 is 0.929 bits per heavy atom. The van der Waals surface area contributed by atoms with Gasteiger partial charge < -0.3 is 9.64 Å². The summed E-state index contributed by atoms with van der Waals surface area (Å²) in [6.45, 7) is 4.09. The van der Waals surface area contributed by atoms with E-state index in [4.69, 9.17) is 4.74 Å². The van der Waals surface area contributed by atoms with Gasteiger partial charge in [0.1, 0.15) is 12.4 Å². The molecule has 28 heavy (non-hydrogen) atoms. The molecule has 3 aromatic carbocycles. The number of piperazine rings is 1. The van der Waals surface area contributed by atoms with E-state index in [1.54, 1.807) is 0 Å². The molecule has 0 atom stereocenters. The van der Waals surface area contributed by atoms with Gasteiger partial charge >= 0.3 is 0 Å². The third kappa shape index (κ3) is 4.50. The Hall–Kier alpha value is -2.89. The molecule has 1 fully saturated rings. The van der Waals surface area contributed by atoms with E-state index in [0.717, 1.165) is 42.9 Å².